The zero-order valence-corrected chi connectivity index (χ0v) is 23.9. The number of aliphatic hydroxyl groups excluding tert-OH is 1. The quantitative estimate of drug-likeness (QED) is 0.337. The van der Waals surface area contributed by atoms with Gasteiger partial charge in [-0.15, -0.1) is 0 Å². The minimum atomic E-state index is 0.149. The summed E-state index contributed by atoms with van der Waals surface area (Å²) in [7, 11) is 0. The van der Waals surface area contributed by atoms with Crippen LogP contribution in [0.3, 0.4) is 0 Å². The van der Waals surface area contributed by atoms with Crippen LogP contribution >= 0.6 is 23.6 Å². The maximum Gasteiger partial charge on any atom is 0.106 e. The fourth-order valence-electron chi connectivity index (χ4n) is 9.96. The van der Waals surface area contributed by atoms with Crippen LogP contribution in [0.15, 0.2) is 11.3 Å². The van der Waals surface area contributed by atoms with Crippen molar-refractivity contribution in [3.05, 3.63) is 11.3 Å². The Labute approximate surface area is 223 Å². The molecule has 1 aliphatic heterocycles. The molecule has 0 radical (unpaired) electrons. The number of aliphatic hydroxyl groups is 1. The van der Waals surface area contributed by atoms with E-state index < -0.39 is 0 Å². The number of allylic oxidation sites excluding steroid dienone is 1. The molecule has 0 aromatic carbocycles. The van der Waals surface area contributed by atoms with Crippen LogP contribution in [0.1, 0.15) is 91.9 Å². The van der Waals surface area contributed by atoms with E-state index in [4.69, 9.17) is 28.3 Å². The highest BCUT2D eigenvalue weighted by Gasteiger charge is 2.64. The first-order valence-electron chi connectivity index (χ1n) is 14.5. The summed E-state index contributed by atoms with van der Waals surface area (Å²) in [5.41, 5.74) is 2.42. The monoisotopic (exact) mass is 526 g/mol. The SMILES string of the molecule is CC1=C(CC[C@H](C)CNCl)O[C@H]2C[C@H]3[C@@H]4CC[C@H]5CC(N(Cl)CCO)CC[C@]5(C)[C@H]4CC[C@]3(C)[C@@H]12. The second kappa shape index (κ2) is 10.3. The predicted octanol–water partition coefficient (Wildman–Crippen LogP) is 6.90. The number of nitrogens with one attached hydrogen (secondary N) is 1. The molecule has 10 atom stereocenters. The smallest absolute Gasteiger partial charge is 0.106 e. The van der Waals surface area contributed by atoms with Gasteiger partial charge in [0.15, 0.2) is 0 Å². The van der Waals surface area contributed by atoms with Gasteiger partial charge in [-0.2, -0.15) is 0 Å². The highest BCUT2D eigenvalue weighted by Crippen LogP contribution is 2.70. The zero-order valence-electron chi connectivity index (χ0n) is 22.4. The molecule has 200 valence electrons. The largest absolute Gasteiger partial charge is 0.494 e. The summed E-state index contributed by atoms with van der Waals surface area (Å²) in [6.07, 6.45) is 13.0. The van der Waals surface area contributed by atoms with Crippen molar-refractivity contribution in [2.24, 2.45) is 46.3 Å². The molecule has 0 spiro atoms. The summed E-state index contributed by atoms with van der Waals surface area (Å²) < 4.78 is 8.65. The molecule has 4 nitrogen and oxygen atoms in total. The fraction of sp³-hybridized carbons (Fsp3) is 0.931. The number of halogens is 2. The van der Waals surface area contributed by atoms with Gasteiger partial charge >= 0.3 is 0 Å². The van der Waals surface area contributed by atoms with Crippen molar-refractivity contribution in [1.29, 1.82) is 0 Å². The first-order valence-corrected chi connectivity index (χ1v) is 15.2. The van der Waals surface area contributed by atoms with Gasteiger partial charge in [-0.1, -0.05) is 20.8 Å². The molecule has 2 N–H and O–H groups in total. The maximum atomic E-state index is 9.35. The van der Waals surface area contributed by atoms with E-state index in [1.165, 1.54) is 57.1 Å². The number of rotatable bonds is 8. The molecule has 0 amide bonds. The highest BCUT2D eigenvalue weighted by molar-refractivity contribution is 6.13. The predicted molar refractivity (Wildman–Crippen MR) is 144 cm³/mol. The van der Waals surface area contributed by atoms with Gasteiger partial charge in [-0.25, -0.2) is 9.25 Å². The lowest BCUT2D eigenvalue weighted by Crippen LogP contribution is -2.55. The number of hydrogen-bond donors (Lipinski definition) is 2. The van der Waals surface area contributed by atoms with Crippen molar-refractivity contribution in [3.8, 4) is 0 Å². The Hall–Kier alpha value is -0.0000000000000000208. The lowest BCUT2D eigenvalue weighted by atomic mass is 9.44. The minimum absolute atomic E-state index is 0.149. The van der Waals surface area contributed by atoms with Crippen LogP contribution in [-0.4, -0.2) is 41.4 Å². The van der Waals surface area contributed by atoms with Crippen LogP contribution in [0, 0.1) is 46.3 Å². The maximum absolute atomic E-state index is 9.35. The minimum Gasteiger partial charge on any atom is -0.494 e. The third kappa shape index (κ3) is 4.50. The van der Waals surface area contributed by atoms with Crippen LogP contribution < -0.4 is 4.84 Å². The lowest BCUT2D eigenvalue weighted by Gasteiger charge is -2.61. The molecule has 4 fully saturated rings. The van der Waals surface area contributed by atoms with E-state index in [2.05, 4.69) is 32.5 Å². The van der Waals surface area contributed by atoms with Crippen LogP contribution in [0.2, 0.25) is 0 Å². The van der Waals surface area contributed by atoms with E-state index in [1.807, 2.05) is 4.42 Å². The second-order valence-corrected chi connectivity index (χ2v) is 14.1. The highest BCUT2D eigenvalue weighted by atomic mass is 35.5. The average molecular weight is 528 g/mol. The van der Waals surface area contributed by atoms with Crippen molar-refractivity contribution < 1.29 is 9.84 Å². The molecule has 0 aromatic heterocycles. The van der Waals surface area contributed by atoms with Crippen molar-refractivity contribution >= 4 is 23.6 Å². The van der Waals surface area contributed by atoms with Gasteiger partial charge < -0.3 is 9.84 Å². The van der Waals surface area contributed by atoms with Gasteiger partial charge in [-0.3, -0.25) is 0 Å². The third-order valence-electron chi connectivity index (χ3n) is 11.8. The van der Waals surface area contributed by atoms with Gasteiger partial charge in [-0.05, 0) is 134 Å². The Bertz CT molecular complexity index is 808. The van der Waals surface area contributed by atoms with Gasteiger partial charge in [0.25, 0.3) is 0 Å². The number of nitrogens with zero attached hydrogens (tertiary/aromatic N) is 1. The fourth-order valence-corrected chi connectivity index (χ4v) is 10.5. The molecule has 1 unspecified atom stereocenters. The second-order valence-electron chi connectivity index (χ2n) is 13.4. The molecule has 0 bridgehead atoms. The molecule has 4 aliphatic carbocycles. The van der Waals surface area contributed by atoms with E-state index in [0.717, 1.165) is 43.1 Å². The molecule has 5 rings (SSSR count). The summed E-state index contributed by atoms with van der Waals surface area (Å²) in [4.78, 5) is 2.80. The van der Waals surface area contributed by atoms with Gasteiger partial charge in [0.1, 0.15) is 6.10 Å². The van der Waals surface area contributed by atoms with Gasteiger partial charge in [0.2, 0.25) is 0 Å². The first kappa shape index (κ1) is 26.6. The molecular weight excluding hydrogens is 479 g/mol. The third-order valence-corrected chi connectivity index (χ3v) is 12.4. The van der Waals surface area contributed by atoms with E-state index in [9.17, 15) is 5.11 Å². The van der Waals surface area contributed by atoms with Crippen LogP contribution in [0.5, 0.6) is 0 Å². The molecule has 1 heterocycles. The van der Waals surface area contributed by atoms with Crippen LogP contribution in [0.4, 0.5) is 0 Å². The first-order chi connectivity index (χ1) is 16.7. The summed E-state index contributed by atoms with van der Waals surface area (Å²) in [6.45, 7) is 11.5. The van der Waals surface area contributed by atoms with E-state index in [-0.39, 0.29) is 6.61 Å². The lowest BCUT2D eigenvalue weighted by molar-refractivity contribution is -0.116. The van der Waals surface area contributed by atoms with E-state index >= 15 is 0 Å². The molecule has 0 saturated heterocycles. The Morgan fingerprint density at radius 2 is 1.89 bits per heavy atom. The summed E-state index contributed by atoms with van der Waals surface area (Å²) >= 11 is 12.3. The van der Waals surface area contributed by atoms with Crippen molar-refractivity contribution in [1.82, 2.24) is 9.25 Å². The van der Waals surface area contributed by atoms with Gasteiger partial charge in [0, 0.05) is 31.5 Å². The standard InChI is InChI=1S/C29H48Cl2N2O2/c1-18(17-32-30)5-8-25-19(2)27-26(35-25)16-24-22-7-6-20-15-21(33(31)13-14-34)9-11-28(20,3)23(22)10-12-29(24,27)4/h18,20-24,26-27,32,34H,5-17H2,1-4H3/t18-,20-,21?,22+,23-,24-,26-,27-,28-,29-/m0/s1. The summed E-state index contributed by atoms with van der Waals surface area (Å²) in [5.74, 6) is 5.78. The van der Waals surface area contributed by atoms with Crippen LogP contribution in [-0.2, 0) is 4.74 Å². The Kier molecular flexibility index (Phi) is 7.82. The number of hydrogen-bond acceptors (Lipinski definition) is 4. The van der Waals surface area contributed by atoms with E-state index in [0.29, 0.717) is 41.4 Å². The van der Waals surface area contributed by atoms with Gasteiger partial charge in [0.05, 0.1) is 12.4 Å². The van der Waals surface area contributed by atoms with Crippen LogP contribution in [0.25, 0.3) is 0 Å². The Balaban J connectivity index is 1.29. The normalized spacial score (nSPS) is 45.5. The average Bonchev–Trinajstić information content (AvgIpc) is 3.30. The zero-order chi connectivity index (χ0) is 25.0. The van der Waals surface area contributed by atoms with E-state index in [1.54, 1.807) is 5.57 Å². The van der Waals surface area contributed by atoms with Crippen molar-refractivity contribution in [3.63, 3.8) is 0 Å². The molecule has 5 aliphatic rings. The topological polar surface area (TPSA) is 44.7 Å². The number of fused-ring (bicyclic) bond motifs is 7. The molecular formula is C29H48Cl2N2O2. The molecule has 35 heavy (non-hydrogen) atoms. The summed E-state index contributed by atoms with van der Waals surface area (Å²) in [6, 6.07) is 0.431. The molecule has 0 aromatic rings. The number of ether oxygens (including phenoxy) is 1. The molecule has 6 heteroatoms. The Morgan fingerprint density at radius 1 is 1.11 bits per heavy atom. The molecule has 4 saturated carbocycles. The van der Waals surface area contributed by atoms with Crippen molar-refractivity contribution in [2.45, 2.75) is 104 Å². The summed E-state index contributed by atoms with van der Waals surface area (Å²) in [5, 5.41) is 9.35. The van der Waals surface area contributed by atoms with Crippen molar-refractivity contribution in [2.75, 3.05) is 19.7 Å². The Morgan fingerprint density at radius 3 is 2.63 bits per heavy atom.